The monoisotopic (exact) mass is 329 g/mol. The molecule has 0 saturated carbocycles. The molecule has 1 saturated heterocycles. The van der Waals surface area contributed by atoms with E-state index >= 15 is 0 Å². The van der Waals surface area contributed by atoms with Crippen molar-refractivity contribution in [3.8, 4) is 0 Å². The van der Waals surface area contributed by atoms with Crippen LogP contribution in [0, 0.1) is 5.82 Å². The Kier molecular flexibility index (Phi) is 3.85. The van der Waals surface area contributed by atoms with E-state index < -0.39 is 5.60 Å². The van der Waals surface area contributed by atoms with Gasteiger partial charge in [-0.2, -0.15) is 0 Å². The van der Waals surface area contributed by atoms with E-state index in [1.165, 1.54) is 12.1 Å². The first-order valence-electron chi connectivity index (χ1n) is 6.19. The molecule has 2 rings (SSSR count). The number of halogens is 2. The Bertz CT molecular complexity index is 493. The van der Waals surface area contributed by atoms with Crippen molar-refractivity contribution in [3.05, 3.63) is 34.1 Å². The van der Waals surface area contributed by atoms with Gasteiger partial charge in [-0.25, -0.2) is 9.18 Å². The van der Waals surface area contributed by atoms with Gasteiger partial charge >= 0.3 is 6.09 Å². The summed E-state index contributed by atoms with van der Waals surface area (Å²) in [5, 5.41) is 0. The molecule has 1 aliphatic rings. The first-order valence-corrected chi connectivity index (χ1v) is 6.98. The molecule has 1 aromatic carbocycles. The van der Waals surface area contributed by atoms with Crippen molar-refractivity contribution in [3.63, 3.8) is 0 Å². The highest BCUT2D eigenvalue weighted by Gasteiger charge is 2.35. The van der Waals surface area contributed by atoms with Gasteiger partial charge in [0.1, 0.15) is 11.4 Å². The van der Waals surface area contributed by atoms with Gasteiger partial charge in [0.05, 0.1) is 0 Å². The fourth-order valence-corrected chi connectivity index (χ4v) is 2.66. The molecule has 3 nitrogen and oxygen atoms in total. The zero-order chi connectivity index (χ0) is 14.2. The maximum atomic E-state index is 13.0. The summed E-state index contributed by atoms with van der Waals surface area (Å²) in [7, 11) is 0. The Hall–Kier alpha value is -1.10. The van der Waals surface area contributed by atoms with Gasteiger partial charge in [0.2, 0.25) is 0 Å². The molecule has 1 aromatic rings. The minimum Gasteiger partial charge on any atom is -0.444 e. The van der Waals surface area contributed by atoms with Gasteiger partial charge in [0.25, 0.3) is 0 Å². The number of likely N-dealkylation sites (tertiary alicyclic amines) is 1. The normalized spacial score (nSPS) is 16.2. The number of carbonyl (C=O) groups is 1. The van der Waals surface area contributed by atoms with Crippen molar-refractivity contribution in [2.45, 2.75) is 32.3 Å². The van der Waals surface area contributed by atoms with E-state index in [1.54, 1.807) is 11.0 Å². The third-order valence-corrected chi connectivity index (χ3v) is 3.62. The molecule has 0 N–H and O–H groups in total. The van der Waals surface area contributed by atoms with Crippen molar-refractivity contribution in [1.82, 2.24) is 4.90 Å². The Labute approximate surface area is 120 Å². The zero-order valence-corrected chi connectivity index (χ0v) is 12.8. The van der Waals surface area contributed by atoms with Crippen molar-refractivity contribution < 1.29 is 13.9 Å². The van der Waals surface area contributed by atoms with Crippen LogP contribution in [0.1, 0.15) is 32.3 Å². The van der Waals surface area contributed by atoms with Gasteiger partial charge in [-0.1, -0.05) is 22.0 Å². The van der Waals surface area contributed by atoms with Crippen molar-refractivity contribution >= 4 is 22.0 Å². The Morgan fingerprint density at radius 1 is 1.42 bits per heavy atom. The number of amides is 1. The highest BCUT2D eigenvalue weighted by Crippen LogP contribution is 2.33. The molecule has 1 fully saturated rings. The summed E-state index contributed by atoms with van der Waals surface area (Å²) in [6, 6.07) is 4.65. The van der Waals surface area contributed by atoms with E-state index in [-0.39, 0.29) is 17.8 Å². The molecular weight excluding hydrogens is 313 g/mol. The Morgan fingerprint density at radius 3 is 2.58 bits per heavy atom. The first kappa shape index (κ1) is 14.3. The summed E-state index contributed by atoms with van der Waals surface area (Å²) in [6.45, 7) is 6.76. The van der Waals surface area contributed by atoms with Gasteiger partial charge in [-0.3, -0.25) is 0 Å². The molecule has 0 atom stereocenters. The van der Waals surface area contributed by atoms with Crippen LogP contribution < -0.4 is 0 Å². The lowest BCUT2D eigenvalue weighted by atomic mass is 9.92. The second-order valence-corrected chi connectivity index (χ2v) is 6.60. The summed E-state index contributed by atoms with van der Waals surface area (Å²) in [4.78, 5) is 13.4. The van der Waals surface area contributed by atoms with E-state index in [0.717, 1.165) is 10.0 Å². The molecule has 1 aliphatic heterocycles. The van der Waals surface area contributed by atoms with Gasteiger partial charge in [0, 0.05) is 23.5 Å². The van der Waals surface area contributed by atoms with Gasteiger partial charge in [-0.05, 0) is 38.5 Å². The van der Waals surface area contributed by atoms with Crippen molar-refractivity contribution in [2.24, 2.45) is 0 Å². The molecule has 0 radical (unpaired) electrons. The second-order valence-electron chi connectivity index (χ2n) is 5.75. The molecule has 5 heteroatoms. The predicted molar refractivity (Wildman–Crippen MR) is 74.6 cm³/mol. The van der Waals surface area contributed by atoms with E-state index in [4.69, 9.17) is 4.74 Å². The lowest BCUT2D eigenvalue weighted by molar-refractivity contribution is 0.00813. The predicted octanol–water partition coefficient (Wildman–Crippen LogP) is 3.92. The number of hydrogen-bond acceptors (Lipinski definition) is 2. The third kappa shape index (κ3) is 3.47. The molecule has 1 amide bonds. The molecule has 19 heavy (non-hydrogen) atoms. The highest BCUT2D eigenvalue weighted by molar-refractivity contribution is 9.10. The van der Waals surface area contributed by atoms with Gasteiger partial charge in [-0.15, -0.1) is 0 Å². The number of carbonyl (C=O) groups excluding carboxylic acids is 1. The molecule has 0 bridgehead atoms. The zero-order valence-electron chi connectivity index (χ0n) is 11.2. The van der Waals surface area contributed by atoms with Crippen LogP contribution in [0.25, 0.3) is 0 Å². The highest BCUT2D eigenvalue weighted by atomic mass is 79.9. The molecule has 0 aromatic heterocycles. The van der Waals surface area contributed by atoms with Crippen LogP contribution in [0.2, 0.25) is 0 Å². The third-order valence-electron chi connectivity index (χ3n) is 2.94. The topological polar surface area (TPSA) is 29.5 Å². The molecule has 0 aliphatic carbocycles. The molecule has 0 unspecified atom stereocenters. The summed E-state index contributed by atoms with van der Waals surface area (Å²) in [5.74, 6) is -0.0264. The summed E-state index contributed by atoms with van der Waals surface area (Å²) >= 11 is 3.35. The van der Waals surface area contributed by atoms with Crippen LogP contribution in [0.5, 0.6) is 0 Å². The van der Waals surface area contributed by atoms with Crippen LogP contribution in [-0.4, -0.2) is 29.7 Å². The van der Waals surface area contributed by atoms with Crippen LogP contribution in [0.4, 0.5) is 9.18 Å². The maximum absolute atomic E-state index is 13.0. The Balaban J connectivity index is 1.94. The number of hydrogen-bond donors (Lipinski definition) is 0. The number of rotatable bonds is 1. The fourth-order valence-electron chi connectivity index (χ4n) is 1.98. The summed E-state index contributed by atoms with van der Waals surface area (Å²) in [5.41, 5.74) is 0.555. The van der Waals surface area contributed by atoms with E-state index in [9.17, 15) is 9.18 Å². The quantitative estimate of drug-likeness (QED) is 0.781. The number of ether oxygens (including phenoxy) is 1. The van der Waals surface area contributed by atoms with Gasteiger partial charge < -0.3 is 9.64 Å². The number of benzene rings is 1. The molecular formula is C14H17BrFNO2. The molecule has 104 valence electrons. The van der Waals surface area contributed by atoms with Crippen LogP contribution >= 0.6 is 15.9 Å². The minimum atomic E-state index is -0.474. The fraction of sp³-hybridized carbons (Fsp3) is 0.500. The summed E-state index contributed by atoms with van der Waals surface area (Å²) in [6.07, 6.45) is -0.290. The average molecular weight is 330 g/mol. The maximum Gasteiger partial charge on any atom is 0.410 e. The standard InChI is InChI=1S/C14H17BrFNO2/c1-14(2,3)19-13(18)17-7-9(8-17)11-5-4-10(16)6-12(11)15/h4-6,9H,7-8H2,1-3H3. The summed E-state index contributed by atoms with van der Waals surface area (Å²) < 4.78 is 19.1. The second kappa shape index (κ2) is 5.12. The average Bonchev–Trinajstić information content (AvgIpc) is 2.16. The first-order chi connectivity index (χ1) is 8.76. The van der Waals surface area contributed by atoms with Crippen molar-refractivity contribution in [2.75, 3.05) is 13.1 Å². The largest absolute Gasteiger partial charge is 0.444 e. The van der Waals surface area contributed by atoms with E-state index in [1.807, 2.05) is 20.8 Å². The van der Waals surface area contributed by atoms with Crippen molar-refractivity contribution in [1.29, 1.82) is 0 Å². The minimum absolute atomic E-state index is 0.238. The molecule has 0 spiro atoms. The van der Waals surface area contributed by atoms with Crippen LogP contribution in [0.15, 0.2) is 22.7 Å². The lowest BCUT2D eigenvalue weighted by Crippen LogP contribution is -2.50. The Morgan fingerprint density at radius 2 is 2.05 bits per heavy atom. The number of nitrogens with zero attached hydrogens (tertiary/aromatic N) is 1. The van der Waals surface area contributed by atoms with Gasteiger partial charge in [0.15, 0.2) is 0 Å². The lowest BCUT2D eigenvalue weighted by Gasteiger charge is -2.40. The van der Waals surface area contributed by atoms with Crippen LogP contribution in [0.3, 0.4) is 0 Å². The smallest absolute Gasteiger partial charge is 0.410 e. The van der Waals surface area contributed by atoms with E-state index in [0.29, 0.717) is 13.1 Å². The molecule has 1 heterocycles. The van der Waals surface area contributed by atoms with Crippen LogP contribution in [-0.2, 0) is 4.74 Å². The van der Waals surface area contributed by atoms with E-state index in [2.05, 4.69) is 15.9 Å². The SMILES string of the molecule is CC(C)(C)OC(=O)N1CC(c2ccc(F)cc2Br)C1.